The van der Waals surface area contributed by atoms with Crippen LogP contribution in [0.4, 0.5) is 0 Å². The predicted molar refractivity (Wildman–Crippen MR) is 42.2 cm³/mol. The maximum atomic E-state index is 11.0. The Morgan fingerprint density at radius 1 is 1.62 bits per heavy atom. The summed E-state index contributed by atoms with van der Waals surface area (Å²) in [5.74, 6) is -0.891. The average molecular weight is 180 g/mol. The summed E-state index contributed by atoms with van der Waals surface area (Å²) in [4.78, 5) is 18.6. The van der Waals surface area contributed by atoms with Gasteiger partial charge in [0.2, 0.25) is 0 Å². The number of ether oxygens (including phenoxy) is 1. The van der Waals surface area contributed by atoms with Gasteiger partial charge in [-0.05, 0) is 6.07 Å². The summed E-state index contributed by atoms with van der Waals surface area (Å²) in [6.07, 6.45) is 2.88. The van der Waals surface area contributed by atoms with E-state index in [4.69, 9.17) is 9.84 Å². The van der Waals surface area contributed by atoms with E-state index in [0.29, 0.717) is 5.69 Å². The normalized spacial score (nSPS) is 19.1. The molecule has 1 aliphatic rings. The molecular weight excluding hydrogens is 172 g/mol. The Morgan fingerprint density at radius 3 is 2.77 bits per heavy atom. The number of aromatic nitrogens is 2. The first kappa shape index (κ1) is 8.12. The standard InChI is InChI=1S/C8H8N2O3/c11-7(12)8(3-13-4-8)6-1-2-9-5-10-6/h1-2,5H,3-4H2,(H,11,12). The van der Waals surface area contributed by atoms with E-state index in [2.05, 4.69) is 9.97 Å². The maximum absolute atomic E-state index is 11.0. The lowest BCUT2D eigenvalue weighted by atomic mass is 9.82. The van der Waals surface area contributed by atoms with Gasteiger partial charge < -0.3 is 9.84 Å². The number of hydrogen-bond acceptors (Lipinski definition) is 4. The fourth-order valence-corrected chi connectivity index (χ4v) is 1.26. The first-order valence-electron chi connectivity index (χ1n) is 3.83. The molecule has 0 radical (unpaired) electrons. The molecule has 5 heteroatoms. The van der Waals surface area contributed by atoms with Crippen molar-refractivity contribution in [3.63, 3.8) is 0 Å². The molecule has 0 saturated carbocycles. The lowest BCUT2D eigenvalue weighted by molar-refractivity contribution is -0.163. The van der Waals surface area contributed by atoms with Crippen molar-refractivity contribution < 1.29 is 14.6 Å². The predicted octanol–water partition coefficient (Wildman–Crippen LogP) is -0.171. The molecule has 0 atom stereocenters. The van der Waals surface area contributed by atoms with E-state index in [1.807, 2.05) is 0 Å². The Bertz CT molecular complexity index is 321. The molecule has 0 aliphatic carbocycles. The van der Waals surface area contributed by atoms with E-state index in [0.717, 1.165) is 0 Å². The molecular formula is C8H8N2O3. The summed E-state index contributed by atoms with van der Waals surface area (Å²) in [7, 11) is 0. The summed E-state index contributed by atoms with van der Waals surface area (Å²) in [5.41, 5.74) is -0.426. The molecule has 1 saturated heterocycles. The highest BCUT2D eigenvalue weighted by Crippen LogP contribution is 2.30. The second-order valence-electron chi connectivity index (χ2n) is 2.97. The van der Waals surface area contributed by atoms with Crippen LogP contribution in [-0.2, 0) is 14.9 Å². The van der Waals surface area contributed by atoms with Crippen LogP contribution < -0.4 is 0 Å². The lowest BCUT2D eigenvalue weighted by Crippen LogP contribution is -2.53. The monoisotopic (exact) mass is 180 g/mol. The zero-order valence-electron chi connectivity index (χ0n) is 6.80. The summed E-state index contributed by atoms with van der Waals surface area (Å²) in [6.45, 7) is 0.388. The van der Waals surface area contributed by atoms with Crippen molar-refractivity contribution in [1.29, 1.82) is 0 Å². The number of aliphatic carboxylic acids is 1. The smallest absolute Gasteiger partial charge is 0.320 e. The average Bonchev–Trinajstić information content (AvgIpc) is 2.03. The van der Waals surface area contributed by atoms with Crippen molar-refractivity contribution >= 4 is 5.97 Å². The van der Waals surface area contributed by atoms with Gasteiger partial charge in [0, 0.05) is 6.20 Å². The molecule has 1 aromatic rings. The van der Waals surface area contributed by atoms with Gasteiger partial charge >= 0.3 is 5.97 Å². The molecule has 1 aliphatic heterocycles. The van der Waals surface area contributed by atoms with Gasteiger partial charge in [0.15, 0.2) is 5.41 Å². The van der Waals surface area contributed by atoms with Gasteiger partial charge in [-0.3, -0.25) is 4.79 Å². The van der Waals surface area contributed by atoms with Crippen molar-refractivity contribution in [3.8, 4) is 0 Å². The van der Waals surface area contributed by atoms with Gasteiger partial charge in [-0.15, -0.1) is 0 Å². The van der Waals surface area contributed by atoms with E-state index in [-0.39, 0.29) is 13.2 Å². The fraction of sp³-hybridized carbons (Fsp3) is 0.375. The van der Waals surface area contributed by atoms with Crippen LogP contribution in [0.15, 0.2) is 18.6 Å². The van der Waals surface area contributed by atoms with Crippen LogP contribution in [0, 0.1) is 0 Å². The van der Waals surface area contributed by atoms with Gasteiger partial charge in [0.25, 0.3) is 0 Å². The molecule has 2 rings (SSSR count). The van der Waals surface area contributed by atoms with Crippen LogP contribution >= 0.6 is 0 Å². The Labute approximate surface area is 74.4 Å². The summed E-state index contributed by atoms with van der Waals surface area (Å²) in [6, 6.07) is 1.61. The number of carboxylic acids is 1. The second kappa shape index (κ2) is 2.77. The third-order valence-electron chi connectivity index (χ3n) is 2.18. The maximum Gasteiger partial charge on any atom is 0.320 e. The highest BCUT2D eigenvalue weighted by atomic mass is 16.5. The summed E-state index contributed by atoms with van der Waals surface area (Å²) in [5, 5.41) is 9.00. The number of carbonyl (C=O) groups is 1. The van der Waals surface area contributed by atoms with Crippen molar-refractivity contribution in [3.05, 3.63) is 24.3 Å². The second-order valence-corrected chi connectivity index (χ2v) is 2.97. The molecule has 0 aromatic carbocycles. The Morgan fingerprint density at radius 2 is 2.38 bits per heavy atom. The van der Waals surface area contributed by atoms with Gasteiger partial charge in [-0.1, -0.05) is 0 Å². The molecule has 0 amide bonds. The zero-order valence-corrected chi connectivity index (χ0v) is 6.80. The fourth-order valence-electron chi connectivity index (χ4n) is 1.26. The van der Waals surface area contributed by atoms with Gasteiger partial charge in [-0.25, -0.2) is 9.97 Å². The highest BCUT2D eigenvalue weighted by molar-refractivity contribution is 5.82. The zero-order chi connectivity index (χ0) is 9.31. The molecule has 13 heavy (non-hydrogen) atoms. The third-order valence-corrected chi connectivity index (χ3v) is 2.18. The summed E-state index contributed by atoms with van der Waals surface area (Å²) >= 11 is 0. The van der Waals surface area contributed by atoms with E-state index < -0.39 is 11.4 Å². The SMILES string of the molecule is O=C(O)C1(c2ccncn2)COC1. The topological polar surface area (TPSA) is 72.3 Å². The highest BCUT2D eigenvalue weighted by Gasteiger charge is 2.49. The molecule has 0 spiro atoms. The minimum atomic E-state index is -0.942. The molecule has 0 unspecified atom stereocenters. The van der Waals surface area contributed by atoms with Crippen LogP contribution in [0.3, 0.4) is 0 Å². The molecule has 1 N–H and O–H groups in total. The minimum Gasteiger partial charge on any atom is -0.480 e. The van der Waals surface area contributed by atoms with E-state index in [1.54, 1.807) is 6.07 Å². The van der Waals surface area contributed by atoms with Gasteiger partial charge in [0.05, 0.1) is 18.9 Å². The first-order valence-corrected chi connectivity index (χ1v) is 3.83. The van der Waals surface area contributed by atoms with Crippen molar-refractivity contribution in [1.82, 2.24) is 9.97 Å². The van der Waals surface area contributed by atoms with Crippen molar-refractivity contribution in [2.24, 2.45) is 0 Å². The molecule has 0 bridgehead atoms. The number of hydrogen-bond donors (Lipinski definition) is 1. The largest absolute Gasteiger partial charge is 0.480 e. The molecule has 68 valence electrons. The number of carboxylic acid groups (broad SMARTS) is 1. The quantitative estimate of drug-likeness (QED) is 0.684. The van der Waals surface area contributed by atoms with Crippen molar-refractivity contribution in [2.45, 2.75) is 5.41 Å². The van der Waals surface area contributed by atoms with Gasteiger partial charge in [-0.2, -0.15) is 0 Å². The molecule has 5 nitrogen and oxygen atoms in total. The van der Waals surface area contributed by atoms with Crippen LogP contribution in [0.2, 0.25) is 0 Å². The first-order chi connectivity index (χ1) is 6.26. The molecule has 1 fully saturated rings. The number of rotatable bonds is 2. The Hall–Kier alpha value is -1.49. The summed E-state index contributed by atoms with van der Waals surface area (Å²) < 4.78 is 4.91. The molecule has 1 aromatic heterocycles. The number of nitrogens with zero attached hydrogens (tertiary/aromatic N) is 2. The van der Waals surface area contributed by atoms with Gasteiger partial charge in [0.1, 0.15) is 6.33 Å². The lowest BCUT2D eigenvalue weighted by Gasteiger charge is -2.36. The Balaban J connectivity index is 2.38. The van der Waals surface area contributed by atoms with E-state index in [9.17, 15) is 4.79 Å². The Kier molecular flexibility index (Phi) is 1.73. The minimum absolute atomic E-state index is 0.194. The van der Waals surface area contributed by atoms with Crippen LogP contribution in [-0.4, -0.2) is 34.3 Å². The van der Waals surface area contributed by atoms with Crippen LogP contribution in [0.1, 0.15) is 5.69 Å². The van der Waals surface area contributed by atoms with E-state index >= 15 is 0 Å². The molecule has 2 heterocycles. The van der Waals surface area contributed by atoms with Crippen LogP contribution in [0.5, 0.6) is 0 Å². The third kappa shape index (κ3) is 1.08. The van der Waals surface area contributed by atoms with Crippen molar-refractivity contribution in [2.75, 3.05) is 13.2 Å². The van der Waals surface area contributed by atoms with Crippen LogP contribution in [0.25, 0.3) is 0 Å². The van der Waals surface area contributed by atoms with E-state index in [1.165, 1.54) is 12.5 Å².